The van der Waals surface area contributed by atoms with Crippen molar-refractivity contribution in [1.82, 2.24) is 15.0 Å². The zero-order valence-corrected chi connectivity index (χ0v) is 8.09. The molecule has 4 nitrogen and oxygen atoms in total. The van der Waals surface area contributed by atoms with Gasteiger partial charge in [-0.2, -0.15) is 5.26 Å². The highest BCUT2D eigenvalue weighted by molar-refractivity contribution is 6.29. The van der Waals surface area contributed by atoms with Crippen LogP contribution in [0.5, 0.6) is 0 Å². The average molecular weight is 223 g/mol. The molecule has 0 atom stereocenters. The lowest BCUT2D eigenvalue weighted by Gasteiger charge is -1.97. The van der Waals surface area contributed by atoms with Crippen LogP contribution in [0.3, 0.4) is 0 Å². The van der Waals surface area contributed by atoms with Crippen LogP contribution < -0.4 is 0 Å². The molecule has 0 aliphatic heterocycles. The zero-order chi connectivity index (χ0) is 10.8. The summed E-state index contributed by atoms with van der Waals surface area (Å²) in [6, 6.07) is 3.06. The van der Waals surface area contributed by atoms with E-state index in [4.69, 9.17) is 16.9 Å². The lowest BCUT2D eigenvalue weighted by molar-refractivity contribution is 0.622. The topological polar surface area (TPSA) is 65.4 Å². The van der Waals surface area contributed by atoms with E-state index < -0.39 is 5.82 Å². The van der Waals surface area contributed by atoms with Crippen molar-refractivity contribution in [3.05, 3.63) is 35.1 Å². The minimum Gasteiger partial charge on any atom is -0.343 e. The first-order chi connectivity index (χ1) is 7.20. The van der Waals surface area contributed by atoms with Crippen LogP contribution in [0, 0.1) is 17.1 Å². The summed E-state index contributed by atoms with van der Waals surface area (Å²) in [7, 11) is 0. The van der Waals surface area contributed by atoms with Crippen LogP contribution in [0.1, 0.15) is 5.69 Å². The van der Waals surface area contributed by atoms with E-state index in [0.717, 1.165) is 0 Å². The van der Waals surface area contributed by atoms with E-state index in [-0.39, 0.29) is 10.8 Å². The molecule has 0 aromatic carbocycles. The molecule has 0 unspecified atom stereocenters. The smallest absolute Gasteiger partial charge is 0.164 e. The number of nitriles is 1. The van der Waals surface area contributed by atoms with E-state index >= 15 is 0 Å². The number of halogens is 2. The van der Waals surface area contributed by atoms with Gasteiger partial charge in [0.1, 0.15) is 11.9 Å². The highest BCUT2D eigenvalue weighted by atomic mass is 35.5. The van der Waals surface area contributed by atoms with Gasteiger partial charge < -0.3 is 4.98 Å². The molecule has 2 rings (SSSR count). The summed E-state index contributed by atoms with van der Waals surface area (Å²) >= 11 is 5.43. The largest absolute Gasteiger partial charge is 0.343 e. The van der Waals surface area contributed by atoms with Gasteiger partial charge in [0.05, 0.1) is 0 Å². The first-order valence-electron chi connectivity index (χ1n) is 3.97. The van der Waals surface area contributed by atoms with Gasteiger partial charge in [0.15, 0.2) is 16.7 Å². The van der Waals surface area contributed by atoms with Crippen molar-refractivity contribution in [2.24, 2.45) is 0 Å². The number of nitrogens with zero attached hydrogens (tertiary/aromatic N) is 3. The van der Waals surface area contributed by atoms with Crippen LogP contribution >= 0.6 is 11.6 Å². The second-order valence-corrected chi connectivity index (χ2v) is 3.10. The summed E-state index contributed by atoms with van der Waals surface area (Å²) < 4.78 is 13.1. The Labute approximate surface area is 89.4 Å². The van der Waals surface area contributed by atoms with Crippen LogP contribution in [0.2, 0.25) is 5.15 Å². The van der Waals surface area contributed by atoms with Crippen LogP contribution in [0.15, 0.2) is 18.5 Å². The number of nitrogens with one attached hydrogen (secondary N) is 1. The Morgan fingerprint density at radius 1 is 1.53 bits per heavy atom. The van der Waals surface area contributed by atoms with E-state index in [1.807, 2.05) is 6.07 Å². The number of imidazole rings is 1. The van der Waals surface area contributed by atoms with Gasteiger partial charge in [-0.15, -0.1) is 0 Å². The zero-order valence-electron chi connectivity index (χ0n) is 7.33. The van der Waals surface area contributed by atoms with Crippen molar-refractivity contribution in [1.29, 1.82) is 5.26 Å². The maximum absolute atomic E-state index is 13.1. The fraction of sp³-hybridized carbons (Fsp3) is 0. The van der Waals surface area contributed by atoms with Crippen LogP contribution in [0.4, 0.5) is 4.39 Å². The van der Waals surface area contributed by atoms with E-state index in [0.29, 0.717) is 11.4 Å². The first-order valence-corrected chi connectivity index (χ1v) is 4.35. The predicted molar refractivity (Wildman–Crippen MR) is 51.5 cm³/mol. The van der Waals surface area contributed by atoms with E-state index in [1.54, 1.807) is 0 Å². The molecule has 15 heavy (non-hydrogen) atoms. The van der Waals surface area contributed by atoms with Crippen molar-refractivity contribution < 1.29 is 4.39 Å². The molecule has 0 aliphatic rings. The fourth-order valence-corrected chi connectivity index (χ4v) is 1.18. The van der Waals surface area contributed by atoms with Crippen molar-refractivity contribution in [3.8, 4) is 17.5 Å². The molecular weight excluding hydrogens is 219 g/mol. The lowest BCUT2D eigenvalue weighted by Crippen LogP contribution is -1.87. The monoisotopic (exact) mass is 222 g/mol. The maximum atomic E-state index is 13.1. The number of aromatic nitrogens is 3. The van der Waals surface area contributed by atoms with Crippen LogP contribution in [-0.2, 0) is 0 Å². The Hall–Kier alpha value is -1.93. The third-order valence-corrected chi connectivity index (χ3v) is 2.04. The van der Waals surface area contributed by atoms with Crippen LogP contribution in [-0.4, -0.2) is 15.0 Å². The Balaban J connectivity index is 2.46. The summed E-state index contributed by atoms with van der Waals surface area (Å²) in [6.07, 6.45) is 2.81. The minimum absolute atomic E-state index is 0.189. The van der Waals surface area contributed by atoms with Crippen molar-refractivity contribution >= 4 is 11.6 Å². The van der Waals surface area contributed by atoms with Gasteiger partial charge in [0.25, 0.3) is 0 Å². The average Bonchev–Trinajstić information content (AvgIpc) is 2.70. The molecule has 0 amide bonds. The lowest BCUT2D eigenvalue weighted by atomic mass is 10.3. The summed E-state index contributed by atoms with van der Waals surface area (Å²) in [5, 5.41) is 8.36. The SMILES string of the molecule is N#Cc1c[nH]c(-c2cnc(Cl)c(F)c2)n1. The Morgan fingerprint density at radius 3 is 2.93 bits per heavy atom. The number of hydrogen-bond donors (Lipinski definition) is 1. The summed E-state index contributed by atoms with van der Waals surface area (Å²) in [6.45, 7) is 0. The number of rotatable bonds is 1. The molecular formula is C9H4ClFN4. The number of pyridine rings is 1. The van der Waals surface area contributed by atoms with E-state index in [9.17, 15) is 4.39 Å². The van der Waals surface area contributed by atoms with Gasteiger partial charge >= 0.3 is 0 Å². The third-order valence-electron chi connectivity index (χ3n) is 1.76. The van der Waals surface area contributed by atoms with Crippen molar-refractivity contribution in [3.63, 3.8) is 0 Å². The minimum atomic E-state index is -0.621. The first kappa shape index (κ1) is 9.62. The molecule has 0 radical (unpaired) electrons. The van der Waals surface area contributed by atoms with Gasteiger partial charge in [-0.25, -0.2) is 14.4 Å². The number of aromatic amines is 1. The van der Waals surface area contributed by atoms with Gasteiger partial charge in [0, 0.05) is 18.0 Å². The molecule has 0 bridgehead atoms. The Kier molecular flexibility index (Phi) is 2.35. The number of H-pyrrole nitrogens is 1. The van der Waals surface area contributed by atoms with E-state index in [1.165, 1.54) is 18.5 Å². The normalized spacial score (nSPS) is 9.93. The van der Waals surface area contributed by atoms with Gasteiger partial charge in [-0.05, 0) is 6.07 Å². The molecule has 2 aromatic rings. The molecule has 2 heterocycles. The molecule has 0 spiro atoms. The molecule has 1 N–H and O–H groups in total. The highest BCUT2D eigenvalue weighted by Gasteiger charge is 2.07. The molecule has 0 saturated carbocycles. The van der Waals surface area contributed by atoms with Crippen molar-refractivity contribution in [2.45, 2.75) is 0 Å². The fourth-order valence-electron chi connectivity index (χ4n) is 1.08. The summed E-state index contributed by atoms with van der Waals surface area (Å²) in [4.78, 5) is 10.3. The molecule has 0 fully saturated rings. The summed E-state index contributed by atoms with van der Waals surface area (Å²) in [5.41, 5.74) is 0.679. The van der Waals surface area contributed by atoms with Gasteiger partial charge in [0.2, 0.25) is 0 Å². The number of hydrogen-bond acceptors (Lipinski definition) is 3. The van der Waals surface area contributed by atoms with Gasteiger partial charge in [-0.3, -0.25) is 0 Å². The highest BCUT2D eigenvalue weighted by Crippen LogP contribution is 2.19. The molecule has 0 aliphatic carbocycles. The predicted octanol–water partition coefficient (Wildman–Crippen LogP) is 2.14. The summed E-state index contributed by atoms with van der Waals surface area (Å²) in [5.74, 6) is -0.237. The molecule has 0 saturated heterocycles. The standard InChI is InChI=1S/C9H4ClFN4/c10-8-7(11)1-5(3-13-8)9-14-4-6(2-12)15-9/h1,3-4H,(H,14,15). The molecule has 74 valence electrons. The second-order valence-electron chi connectivity index (χ2n) is 2.74. The maximum Gasteiger partial charge on any atom is 0.164 e. The van der Waals surface area contributed by atoms with Crippen molar-refractivity contribution in [2.75, 3.05) is 0 Å². The third kappa shape index (κ3) is 1.80. The molecule has 2 aromatic heterocycles. The Morgan fingerprint density at radius 2 is 2.33 bits per heavy atom. The van der Waals surface area contributed by atoms with Crippen LogP contribution in [0.25, 0.3) is 11.4 Å². The Bertz CT molecular complexity index is 543. The molecule has 6 heteroatoms. The quantitative estimate of drug-likeness (QED) is 0.752. The van der Waals surface area contributed by atoms with E-state index in [2.05, 4.69) is 15.0 Å². The van der Waals surface area contributed by atoms with Gasteiger partial charge in [-0.1, -0.05) is 11.6 Å². The second kappa shape index (κ2) is 3.67.